The molecule has 2 fully saturated rings. The van der Waals surface area contributed by atoms with Gasteiger partial charge in [0.2, 0.25) is 0 Å². The number of cyclic esters (lactones) is 1. The van der Waals surface area contributed by atoms with E-state index in [9.17, 15) is 19.8 Å². The zero-order chi connectivity index (χ0) is 26.8. The fourth-order valence-corrected chi connectivity index (χ4v) is 5.74. The predicted molar refractivity (Wildman–Crippen MR) is 139 cm³/mol. The van der Waals surface area contributed by atoms with Gasteiger partial charge in [0.05, 0.1) is 41.4 Å². The first kappa shape index (κ1) is 28.9. The van der Waals surface area contributed by atoms with Gasteiger partial charge in [0.25, 0.3) is 0 Å². The first-order valence-electron chi connectivity index (χ1n) is 12.9. The van der Waals surface area contributed by atoms with Crippen LogP contribution in [-0.2, 0) is 25.6 Å². The summed E-state index contributed by atoms with van der Waals surface area (Å²) in [6.07, 6.45) is 1.80. The molecule has 8 nitrogen and oxygen atoms in total. The quantitative estimate of drug-likeness (QED) is 0.405. The lowest BCUT2D eigenvalue weighted by Gasteiger charge is -2.34. The van der Waals surface area contributed by atoms with Crippen LogP contribution in [0.25, 0.3) is 6.08 Å². The fourth-order valence-electron chi connectivity index (χ4n) is 5.11. The van der Waals surface area contributed by atoms with Gasteiger partial charge in [-0.25, -0.2) is 4.98 Å². The van der Waals surface area contributed by atoms with Crippen molar-refractivity contribution in [2.75, 3.05) is 0 Å². The van der Waals surface area contributed by atoms with Gasteiger partial charge in [-0.2, -0.15) is 0 Å². The van der Waals surface area contributed by atoms with Gasteiger partial charge in [0, 0.05) is 24.3 Å². The summed E-state index contributed by atoms with van der Waals surface area (Å²) in [5.74, 6) is -1.59. The number of epoxide rings is 1. The molecule has 7 atom stereocenters. The standard InChI is InChI=1S/C27H42N2O6S/c1-15-8-7-9-27(6)21(35-27)11-19(16(2)10-18-14-36-22(13-28)29-18)34-23(31)12-20(30)26(4,5)25(33)17(3)24(15)32/h10,14-15,17,19-21,24,30,32H,7-9,11-13,28H2,1-6H3/t15-,17+,19-,20-,21-,24-,27+/m0/s1. The average molecular weight is 523 g/mol. The summed E-state index contributed by atoms with van der Waals surface area (Å²) in [5.41, 5.74) is 5.74. The third-order valence-electron chi connectivity index (χ3n) is 8.03. The predicted octanol–water partition coefficient (Wildman–Crippen LogP) is 3.63. The smallest absolute Gasteiger partial charge is 0.309 e. The average Bonchev–Trinajstić information content (AvgIpc) is 3.23. The highest BCUT2D eigenvalue weighted by atomic mass is 32.1. The molecule has 0 spiro atoms. The maximum absolute atomic E-state index is 13.2. The topological polar surface area (TPSA) is 135 Å². The lowest BCUT2D eigenvalue weighted by molar-refractivity contribution is -0.154. The Morgan fingerprint density at radius 2 is 1.97 bits per heavy atom. The van der Waals surface area contributed by atoms with Crippen LogP contribution in [0.15, 0.2) is 11.0 Å². The molecule has 0 aromatic carbocycles. The molecular formula is C27H42N2O6S. The largest absolute Gasteiger partial charge is 0.458 e. The van der Waals surface area contributed by atoms with Gasteiger partial charge >= 0.3 is 5.97 Å². The third-order valence-corrected chi connectivity index (χ3v) is 8.92. The lowest BCUT2D eigenvalue weighted by atomic mass is 9.73. The van der Waals surface area contributed by atoms with Crippen LogP contribution in [0.3, 0.4) is 0 Å². The van der Waals surface area contributed by atoms with Gasteiger partial charge in [-0.1, -0.05) is 34.1 Å². The number of aliphatic hydroxyl groups excluding tert-OH is 2. The molecule has 0 aliphatic carbocycles. The first-order chi connectivity index (χ1) is 16.8. The van der Waals surface area contributed by atoms with Gasteiger partial charge in [-0.05, 0) is 44.3 Å². The maximum Gasteiger partial charge on any atom is 0.309 e. The van der Waals surface area contributed by atoms with E-state index in [-0.39, 0.29) is 29.8 Å². The summed E-state index contributed by atoms with van der Waals surface area (Å²) in [7, 11) is 0. The normalized spacial score (nSPS) is 36.8. The maximum atomic E-state index is 13.2. The summed E-state index contributed by atoms with van der Waals surface area (Å²) < 4.78 is 11.9. The molecule has 0 radical (unpaired) electrons. The molecule has 1 aromatic rings. The van der Waals surface area contributed by atoms with Crippen molar-refractivity contribution in [3.8, 4) is 0 Å². The molecule has 36 heavy (non-hydrogen) atoms. The molecule has 0 saturated carbocycles. The van der Waals surface area contributed by atoms with E-state index in [1.54, 1.807) is 20.8 Å². The number of thiazole rings is 1. The molecular weight excluding hydrogens is 480 g/mol. The van der Waals surface area contributed by atoms with E-state index < -0.39 is 35.6 Å². The second kappa shape index (κ2) is 11.4. The van der Waals surface area contributed by atoms with E-state index in [1.165, 1.54) is 11.3 Å². The number of ether oxygens (including phenoxy) is 2. The second-order valence-electron chi connectivity index (χ2n) is 11.3. The van der Waals surface area contributed by atoms with Crippen LogP contribution in [-0.4, -0.2) is 57.0 Å². The van der Waals surface area contributed by atoms with Crippen LogP contribution in [0.5, 0.6) is 0 Å². The molecule has 2 aliphatic rings. The highest BCUT2D eigenvalue weighted by molar-refractivity contribution is 7.09. The number of esters is 1. The Morgan fingerprint density at radius 3 is 2.61 bits per heavy atom. The van der Waals surface area contributed by atoms with Crippen molar-refractivity contribution in [1.82, 2.24) is 4.98 Å². The number of carbonyl (C=O) groups is 2. The fraction of sp³-hybridized carbons (Fsp3) is 0.741. The molecule has 2 aliphatic heterocycles. The minimum absolute atomic E-state index is 0.0660. The minimum atomic E-state index is -1.24. The van der Waals surface area contributed by atoms with Gasteiger partial charge in [-0.3, -0.25) is 9.59 Å². The molecule has 202 valence electrons. The molecule has 0 bridgehead atoms. The highest BCUT2D eigenvalue weighted by Crippen LogP contribution is 2.45. The zero-order valence-corrected chi connectivity index (χ0v) is 23.1. The minimum Gasteiger partial charge on any atom is -0.458 e. The molecule has 9 heteroatoms. The summed E-state index contributed by atoms with van der Waals surface area (Å²) >= 11 is 1.48. The molecule has 4 N–H and O–H groups in total. The number of nitrogens with zero attached hydrogens (tertiary/aromatic N) is 1. The molecule has 1 aromatic heterocycles. The number of hydrogen-bond donors (Lipinski definition) is 3. The molecule has 2 saturated heterocycles. The molecule has 3 heterocycles. The Morgan fingerprint density at radius 1 is 1.28 bits per heavy atom. The van der Waals surface area contributed by atoms with Crippen molar-refractivity contribution in [2.45, 2.75) is 110 Å². The third kappa shape index (κ3) is 6.61. The van der Waals surface area contributed by atoms with Crippen molar-refractivity contribution in [1.29, 1.82) is 0 Å². The number of carbonyl (C=O) groups excluding carboxylic acids is 2. The van der Waals surface area contributed by atoms with Crippen molar-refractivity contribution < 1.29 is 29.3 Å². The van der Waals surface area contributed by atoms with Crippen molar-refractivity contribution in [3.05, 3.63) is 21.7 Å². The summed E-state index contributed by atoms with van der Waals surface area (Å²) in [4.78, 5) is 30.7. The Bertz CT molecular complexity index is 975. The van der Waals surface area contributed by atoms with Crippen LogP contribution in [0.1, 0.15) is 84.3 Å². The molecule has 0 unspecified atom stereocenters. The van der Waals surface area contributed by atoms with Crippen LogP contribution >= 0.6 is 11.3 Å². The molecule has 0 amide bonds. The zero-order valence-electron chi connectivity index (χ0n) is 22.3. The van der Waals surface area contributed by atoms with E-state index in [1.807, 2.05) is 25.3 Å². The van der Waals surface area contributed by atoms with E-state index in [0.29, 0.717) is 13.0 Å². The van der Waals surface area contributed by atoms with E-state index >= 15 is 0 Å². The summed E-state index contributed by atoms with van der Waals surface area (Å²) in [6, 6.07) is 0. The Kier molecular flexibility index (Phi) is 9.15. The van der Waals surface area contributed by atoms with E-state index in [2.05, 4.69) is 11.9 Å². The number of aromatic nitrogens is 1. The summed E-state index contributed by atoms with van der Waals surface area (Å²) in [6.45, 7) is 11.2. The molecule has 3 rings (SSSR count). The number of fused-ring (bicyclic) bond motifs is 1. The van der Waals surface area contributed by atoms with Crippen LogP contribution < -0.4 is 5.73 Å². The monoisotopic (exact) mass is 522 g/mol. The van der Waals surface area contributed by atoms with Gasteiger partial charge < -0.3 is 25.4 Å². The van der Waals surface area contributed by atoms with Crippen molar-refractivity contribution in [2.24, 2.45) is 23.0 Å². The SMILES string of the molecule is CC(=Cc1csc(CN)n1)[C@@H]1C[C@@H]2O[C@]2(C)CCC[C@H](C)[C@H](O)[C@@H](C)C(=O)C(C)(C)[C@@H](O)CC(=O)O1. The highest BCUT2D eigenvalue weighted by Gasteiger charge is 2.53. The Balaban J connectivity index is 1.85. The lowest BCUT2D eigenvalue weighted by Crippen LogP contribution is -2.45. The van der Waals surface area contributed by atoms with E-state index in [4.69, 9.17) is 15.2 Å². The second-order valence-corrected chi connectivity index (χ2v) is 12.3. The van der Waals surface area contributed by atoms with Crippen LogP contribution in [0, 0.1) is 17.3 Å². The number of Topliss-reactive ketones (excluding diaryl/α,β-unsaturated/α-hetero) is 1. The number of aliphatic hydroxyl groups is 2. The number of ketones is 1. The Labute approximate surface area is 218 Å². The first-order valence-corrected chi connectivity index (χ1v) is 13.8. The van der Waals surface area contributed by atoms with Crippen LogP contribution in [0.4, 0.5) is 0 Å². The number of hydrogen-bond acceptors (Lipinski definition) is 9. The van der Waals surface area contributed by atoms with E-state index in [0.717, 1.165) is 35.5 Å². The van der Waals surface area contributed by atoms with Gasteiger partial charge in [-0.15, -0.1) is 11.3 Å². The van der Waals surface area contributed by atoms with Crippen molar-refractivity contribution in [3.63, 3.8) is 0 Å². The van der Waals surface area contributed by atoms with Gasteiger partial charge in [0.15, 0.2) is 0 Å². The van der Waals surface area contributed by atoms with Gasteiger partial charge in [0.1, 0.15) is 16.9 Å². The Hall–Kier alpha value is -1.65. The number of rotatable bonds is 3. The number of nitrogens with two attached hydrogens (primary N) is 1. The van der Waals surface area contributed by atoms with Crippen LogP contribution in [0.2, 0.25) is 0 Å². The van der Waals surface area contributed by atoms with Crippen molar-refractivity contribution >= 4 is 29.2 Å². The summed E-state index contributed by atoms with van der Waals surface area (Å²) in [5, 5.41) is 24.5.